The largest absolute Gasteiger partial charge is 0.351 e. The van der Waals surface area contributed by atoms with Crippen LogP contribution in [0.2, 0.25) is 0 Å². The Morgan fingerprint density at radius 3 is 2.56 bits per heavy atom. The van der Waals surface area contributed by atoms with Crippen molar-refractivity contribution in [3.8, 4) is 0 Å². The lowest BCUT2D eigenvalue weighted by molar-refractivity contribution is 1.13. The molecule has 1 heterocycles. The SMILES string of the molecule is CCc1ccc(CC=Cc2c[nH]cn2)cc1. The van der Waals surface area contributed by atoms with Crippen molar-refractivity contribution in [2.24, 2.45) is 0 Å². The summed E-state index contributed by atoms with van der Waals surface area (Å²) in [6.07, 6.45) is 9.80. The summed E-state index contributed by atoms with van der Waals surface area (Å²) in [5.41, 5.74) is 3.70. The first kappa shape index (κ1) is 10.7. The number of nitrogens with one attached hydrogen (secondary N) is 1. The third-order valence-corrected chi connectivity index (χ3v) is 2.59. The van der Waals surface area contributed by atoms with Gasteiger partial charge < -0.3 is 4.98 Å². The Morgan fingerprint density at radius 1 is 1.19 bits per heavy atom. The number of benzene rings is 1. The highest BCUT2D eigenvalue weighted by atomic mass is 14.8. The molecule has 0 aliphatic rings. The molecule has 0 fully saturated rings. The van der Waals surface area contributed by atoms with Gasteiger partial charge in [-0.25, -0.2) is 4.98 Å². The minimum absolute atomic E-state index is 0.955. The zero-order valence-corrected chi connectivity index (χ0v) is 9.48. The van der Waals surface area contributed by atoms with Crippen LogP contribution in [0.5, 0.6) is 0 Å². The van der Waals surface area contributed by atoms with Crippen molar-refractivity contribution in [1.82, 2.24) is 9.97 Å². The summed E-state index contributed by atoms with van der Waals surface area (Å²) < 4.78 is 0. The van der Waals surface area contributed by atoms with Crippen LogP contribution in [-0.4, -0.2) is 9.97 Å². The molecule has 0 aliphatic carbocycles. The predicted molar refractivity (Wildman–Crippen MR) is 67.1 cm³/mol. The Kier molecular flexibility index (Phi) is 3.54. The molecular formula is C14H16N2. The Bertz CT molecular complexity index is 438. The minimum atomic E-state index is 0.955. The lowest BCUT2D eigenvalue weighted by Gasteiger charge is -1.98. The van der Waals surface area contributed by atoms with Gasteiger partial charge in [-0.15, -0.1) is 0 Å². The topological polar surface area (TPSA) is 28.7 Å². The van der Waals surface area contributed by atoms with E-state index >= 15 is 0 Å². The normalized spacial score (nSPS) is 11.1. The summed E-state index contributed by atoms with van der Waals surface area (Å²) in [5, 5.41) is 0. The number of nitrogens with zero attached hydrogens (tertiary/aromatic N) is 1. The van der Waals surface area contributed by atoms with Crippen molar-refractivity contribution in [2.75, 3.05) is 0 Å². The Morgan fingerprint density at radius 2 is 1.94 bits per heavy atom. The van der Waals surface area contributed by atoms with E-state index in [0.29, 0.717) is 0 Å². The molecule has 2 aromatic rings. The van der Waals surface area contributed by atoms with Crippen molar-refractivity contribution >= 4 is 6.08 Å². The van der Waals surface area contributed by atoms with Crippen LogP contribution in [0.25, 0.3) is 6.08 Å². The molecule has 16 heavy (non-hydrogen) atoms. The van der Waals surface area contributed by atoms with E-state index in [0.717, 1.165) is 18.5 Å². The Labute approximate surface area is 96.1 Å². The van der Waals surface area contributed by atoms with E-state index in [1.54, 1.807) is 6.33 Å². The van der Waals surface area contributed by atoms with Crippen molar-refractivity contribution in [3.63, 3.8) is 0 Å². The Hall–Kier alpha value is -1.83. The number of rotatable bonds is 4. The van der Waals surface area contributed by atoms with Gasteiger partial charge in [0.15, 0.2) is 0 Å². The van der Waals surface area contributed by atoms with E-state index in [1.807, 2.05) is 12.3 Å². The van der Waals surface area contributed by atoms with Crippen LogP contribution in [-0.2, 0) is 12.8 Å². The number of allylic oxidation sites excluding steroid dienone is 1. The second-order valence-corrected chi connectivity index (χ2v) is 3.77. The van der Waals surface area contributed by atoms with E-state index in [2.05, 4.69) is 47.2 Å². The second kappa shape index (κ2) is 5.31. The maximum atomic E-state index is 4.13. The van der Waals surface area contributed by atoms with Crippen LogP contribution in [0.15, 0.2) is 42.9 Å². The lowest BCUT2D eigenvalue weighted by Crippen LogP contribution is -1.83. The van der Waals surface area contributed by atoms with E-state index in [9.17, 15) is 0 Å². The molecule has 82 valence electrons. The highest BCUT2D eigenvalue weighted by molar-refractivity contribution is 5.43. The summed E-state index contributed by atoms with van der Waals surface area (Å²) in [7, 11) is 0. The van der Waals surface area contributed by atoms with Gasteiger partial charge in [-0.1, -0.05) is 37.3 Å². The second-order valence-electron chi connectivity index (χ2n) is 3.77. The zero-order chi connectivity index (χ0) is 11.2. The van der Waals surface area contributed by atoms with Gasteiger partial charge >= 0.3 is 0 Å². The summed E-state index contributed by atoms with van der Waals surface area (Å²) in [6, 6.07) is 8.76. The van der Waals surface area contributed by atoms with Crippen LogP contribution in [0, 0.1) is 0 Å². The maximum absolute atomic E-state index is 4.13. The highest BCUT2D eigenvalue weighted by Crippen LogP contribution is 2.07. The summed E-state index contributed by atoms with van der Waals surface area (Å²) >= 11 is 0. The fourth-order valence-corrected chi connectivity index (χ4v) is 1.59. The van der Waals surface area contributed by atoms with Crippen molar-refractivity contribution in [2.45, 2.75) is 19.8 Å². The fraction of sp³-hybridized carbons (Fsp3) is 0.214. The van der Waals surface area contributed by atoms with Gasteiger partial charge in [0.1, 0.15) is 0 Å². The van der Waals surface area contributed by atoms with Gasteiger partial charge in [0, 0.05) is 6.20 Å². The number of imidazole rings is 1. The summed E-state index contributed by atoms with van der Waals surface area (Å²) in [4.78, 5) is 7.06. The number of hydrogen-bond acceptors (Lipinski definition) is 1. The molecule has 0 aliphatic heterocycles. The molecule has 0 unspecified atom stereocenters. The first-order valence-corrected chi connectivity index (χ1v) is 5.61. The van der Waals surface area contributed by atoms with Gasteiger partial charge in [-0.05, 0) is 30.0 Å². The molecule has 1 aromatic carbocycles. The molecule has 0 saturated carbocycles. The van der Waals surface area contributed by atoms with E-state index in [-0.39, 0.29) is 0 Å². The monoisotopic (exact) mass is 212 g/mol. The van der Waals surface area contributed by atoms with E-state index in [1.165, 1.54) is 11.1 Å². The average molecular weight is 212 g/mol. The van der Waals surface area contributed by atoms with Gasteiger partial charge in [0.25, 0.3) is 0 Å². The molecule has 1 N–H and O–H groups in total. The van der Waals surface area contributed by atoms with Gasteiger partial charge in [0.2, 0.25) is 0 Å². The smallest absolute Gasteiger partial charge is 0.0927 e. The number of H-pyrrole nitrogens is 1. The number of aryl methyl sites for hydroxylation is 1. The summed E-state index contributed by atoms with van der Waals surface area (Å²) in [6.45, 7) is 2.17. The lowest BCUT2D eigenvalue weighted by atomic mass is 10.1. The molecule has 0 spiro atoms. The Balaban J connectivity index is 1.94. The quantitative estimate of drug-likeness (QED) is 0.828. The molecule has 0 amide bonds. The summed E-state index contributed by atoms with van der Waals surface area (Å²) in [5.74, 6) is 0. The molecule has 0 bridgehead atoms. The predicted octanol–water partition coefficient (Wildman–Crippen LogP) is 3.23. The zero-order valence-electron chi connectivity index (χ0n) is 9.48. The van der Waals surface area contributed by atoms with Crippen LogP contribution in [0.3, 0.4) is 0 Å². The molecule has 2 nitrogen and oxygen atoms in total. The highest BCUT2D eigenvalue weighted by Gasteiger charge is 1.91. The molecule has 1 aromatic heterocycles. The third kappa shape index (κ3) is 2.83. The van der Waals surface area contributed by atoms with Crippen LogP contribution in [0.1, 0.15) is 23.7 Å². The molecule has 0 saturated heterocycles. The van der Waals surface area contributed by atoms with E-state index in [4.69, 9.17) is 0 Å². The maximum Gasteiger partial charge on any atom is 0.0927 e. The van der Waals surface area contributed by atoms with Crippen LogP contribution < -0.4 is 0 Å². The van der Waals surface area contributed by atoms with Crippen LogP contribution in [0.4, 0.5) is 0 Å². The molecular weight excluding hydrogens is 196 g/mol. The molecule has 2 heteroatoms. The van der Waals surface area contributed by atoms with Crippen molar-refractivity contribution < 1.29 is 0 Å². The van der Waals surface area contributed by atoms with Crippen molar-refractivity contribution in [1.29, 1.82) is 0 Å². The minimum Gasteiger partial charge on any atom is -0.351 e. The first-order chi connectivity index (χ1) is 7.88. The van der Waals surface area contributed by atoms with Gasteiger partial charge in [0.05, 0.1) is 12.0 Å². The van der Waals surface area contributed by atoms with Gasteiger partial charge in [-0.3, -0.25) is 0 Å². The molecule has 0 radical (unpaired) electrons. The van der Waals surface area contributed by atoms with Crippen LogP contribution >= 0.6 is 0 Å². The van der Waals surface area contributed by atoms with Gasteiger partial charge in [-0.2, -0.15) is 0 Å². The molecule has 2 rings (SSSR count). The number of hydrogen-bond donors (Lipinski definition) is 1. The standard InChI is InChI=1S/C14H16N2/c1-2-12-6-8-13(9-7-12)4-3-5-14-10-15-11-16-14/h3,5-11H,2,4H2,1H3,(H,15,16). The number of aromatic amines is 1. The first-order valence-electron chi connectivity index (χ1n) is 5.61. The van der Waals surface area contributed by atoms with E-state index < -0.39 is 0 Å². The fourth-order valence-electron chi connectivity index (χ4n) is 1.59. The average Bonchev–Trinajstić information content (AvgIpc) is 2.83. The van der Waals surface area contributed by atoms with Crippen molar-refractivity contribution in [3.05, 3.63) is 59.7 Å². The third-order valence-electron chi connectivity index (χ3n) is 2.59. The molecule has 0 atom stereocenters. The number of aromatic nitrogens is 2.